The summed E-state index contributed by atoms with van der Waals surface area (Å²) in [6.45, 7) is 5.96. The maximum Gasteiger partial charge on any atom is 0.166 e. The first-order valence-electron chi connectivity index (χ1n) is 15.0. The summed E-state index contributed by atoms with van der Waals surface area (Å²) in [5.41, 5.74) is 1.97. The number of halogens is 2. The van der Waals surface area contributed by atoms with Gasteiger partial charge in [-0.05, 0) is 124 Å². The van der Waals surface area contributed by atoms with E-state index in [-0.39, 0.29) is 0 Å². The Hall–Kier alpha value is -1.70. The molecule has 4 rings (SSSR count). The third-order valence-electron chi connectivity index (χ3n) is 9.57. The fourth-order valence-corrected chi connectivity index (χ4v) is 7.10. The van der Waals surface area contributed by atoms with E-state index in [9.17, 15) is 8.78 Å². The van der Waals surface area contributed by atoms with Gasteiger partial charge in [0, 0.05) is 5.56 Å². The molecule has 3 aliphatic rings. The third-order valence-corrected chi connectivity index (χ3v) is 9.57. The Bertz CT molecular complexity index is 894. The zero-order valence-electron chi connectivity index (χ0n) is 22.6. The van der Waals surface area contributed by atoms with E-state index in [0.717, 1.165) is 61.3 Å². The quantitative estimate of drug-likeness (QED) is 0.284. The molecule has 1 aromatic rings. The normalized spacial score (nSPS) is 29.3. The van der Waals surface area contributed by atoms with E-state index in [2.05, 4.69) is 37.8 Å². The Kier molecular flexibility index (Phi) is 10.4. The predicted octanol–water partition coefficient (Wildman–Crippen LogP) is 10.6. The molecule has 2 fully saturated rings. The van der Waals surface area contributed by atoms with Gasteiger partial charge < -0.3 is 0 Å². The first-order valence-corrected chi connectivity index (χ1v) is 15.0. The lowest BCUT2D eigenvalue weighted by Crippen LogP contribution is -2.25. The van der Waals surface area contributed by atoms with Crippen molar-refractivity contribution in [3.05, 3.63) is 65.8 Å². The molecule has 0 heterocycles. The number of unbranched alkanes of at least 4 members (excludes halogenated alkanes) is 1. The molecular weight excluding hydrogens is 446 g/mol. The summed E-state index contributed by atoms with van der Waals surface area (Å²) in [5, 5.41) is 0. The van der Waals surface area contributed by atoms with E-state index >= 15 is 0 Å². The molecule has 0 amide bonds. The van der Waals surface area contributed by atoms with Crippen LogP contribution >= 0.6 is 0 Å². The van der Waals surface area contributed by atoms with Crippen LogP contribution in [0.3, 0.4) is 0 Å². The van der Waals surface area contributed by atoms with Crippen molar-refractivity contribution in [2.75, 3.05) is 0 Å². The molecule has 36 heavy (non-hydrogen) atoms. The molecule has 0 aromatic heterocycles. The molecule has 0 spiro atoms. The number of hydrogen-bond donors (Lipinski definition) is 0. The van der Waals surface area contributed by atoms with Crippen LogP contribution < -0.4 is 0 Å². The van der Waals surface area contributed by atoms with E-state index in [0.29, 0.717) is 23.5 Å². The molecule has 0 aliphatic heterocycles. The first kappa shape index (κ1) is 27.3. The van der Waals surface area contributed by atoms with E-state index in [1.165, 1.54) is 64.2 Å². The van der Waals surface area contributed by atoms with Crippen molar-refractivity contribution in [1.82, 2.24) is 0 Å². The van der Waals surface area contributed by atoms with Crippen molar-refractivity contribution < 1.29 is 8.78 Å². The zero-order valence-corrected chi connectivity index (χ0v) is 22.6. The first-order chi connectivity index (χ1) is 17.6. The molecule has 0 radical (unpaired) electrons. The van der Waals surface area contributed by atoms with E-state index in [4.69, 9.17) is 0 Å². The average molecular weight is 495 g/mol. The largest absolute Gasteiger partial charge is 0.203 e. The van der Waals surface area contributed by atoms with Gasteiger partial charge in [0.1, 0.15) is 0 Å². The molecule has 1 unspecified atom stereocenters. The molecule has 0 N–H and O–H groups in total. The van der Waals surface area contributed by atoms with Gasteiger partial charge in [0.05, 0.1) is 0 Å². The SMILES string of the molecule is C=CCCC1CCC(C2CCC(/C=C/C3CC=C(c4ccc(CCCC)c(F)c4F)CC3)CC2)CC1. The van der Waals surface area contributed by atoms with Crippen LogP contribution in [0, 0.1) is 41.2 Å². The standard InChI is InChI=1S/C34H48F2/c1-3-5-7-25-11-17-28(18-12-25)29-19-13-26(14-20-29)9-10-27-15-21-30(22-16-27)32-24-23-31(8-6-4-2)33(35)34(32)36/h3,9-10,21,23-29H,1,4-8,11-20,22H2,2H3/b10-9+. The number of allylic oxidation sites excluding steroid dienone is 5. The van der Waals surface area contributed by atoms with Crippen molar-refractivity contribution in [3.8, 4) is 0 Å². The Morgan fingerprint density at radius 2 is 1.56 bits per heavy atom. The average Bonchev–Trinajstić information content (AvgIpc) is 2.92. The Labute approximate surface area is 219 Å². The molecule has 0 nitrogen and oxygen atoms in total. The second kappa shape index (κ2) is 13.7. The van der Waals surface area contributed by atoms with Crippen LogP contribution in [0.25, 0.3) is 5.57 Å². The van der Waals surface area contributed by atoms with Gasteiger partial charge in [-0.1, -0.05) is 62.6 Å². The van der Waals surface area contributed by atoms with Gasteiger partial charge in [-0.15, -0.1) is 6.58 Å². The lowest BCUT2D eigenvalue weighted by molar-refractivity contribution is 0.153. The summed E-state index contributed by atoms with van der Waals surface area (Å²) in [4.78, 5) is 0. The van der Waals surface area contributed by atoms with Crippen LogP contribution in [-0.4, -0.2) is 0 Å². The molecule has 1 aromatic carbocycles. The van der Waals surface area contributed by atoms with Crippen LogP contribution in [0.1, 0.15) is 114 Å². The maximum absolute atomic E-state index is 14.8. The topological polar surface area (TPSA) is 0 Å². The molecule has 1 atom stereocenters. The zero-order chi connectivity index (χ0) is 25.3. The lowest BCUT2D eigenvalue weighted by Gasteiger charge is -2.37. The van der Waals surface area contributed by atoms with Crippen LogP contribution in [0.4, 0.5) is 8.78 Å². The molecular formula is C34H48F2. The van der Waals surface area contributed by atoms with Crippen molar-refractivity contribution in [1.29, 1.82) is 0 Å². The minimum absolute atomic E-state index is 0.475. The van der Waals surface area contributed by atoms with Gasteiger partial charge in [-0.2, -0.15) is 0 Å². The van der Waals surface area contributed by atoms with Gasteiger partial charge in [-0.3, -0.25) is 0 Å². The summed E-state index contributed by atoms with van der Waals surface area (Å²) < 4.78 is 29.3. The van der Waals surface area contributed by atoms with Crippen LogP contribution in [0.2, 0.25) is 0 Å². The minimum atomic E-state index is -0.647. The molecule has 198 valence electrons. The highest BCUT2D eigenvalue weighted by atomic mass is 19.2. The van der Waals surface area contributed by atoms with Gasteiger partial charge >= 0.3 is 0 Å². The lowest BCUT2D eigenvalue weighted by atomic mass is 9.68. The molecule has 0 saturated heterocycles. The Morgan fingerprint density at radius 1 is 0.861 bits per heavy atom. The number of benzene rings is 1. The highest BCUT2D eigenvalue weighted by Gasteiger charge is 2.30. The Balaban J connectivity index is 1.21. The second-order valence-electron chi connectivity index (χ2n) is 12.0. The van der Waals surface area contributed by atoms with Crippen molar-refractivity contribution in [3.63, 3.8) is 0 Å². The minimum Gasteiger partial charge on any atom is -0.203 e. The van der Waals surface area contributed by atoms with Crippen LogP contribution in [0.5, 0.6) is 0 Å². The number of aryl methyl sites for hydroxylation is 1. The third kappa shape index (κ3) is 7.20. The van der Waals surface area contributed by atoms with Gasteiger partial charge in [-0.25, -0.2) is 8.78 Å². The predicted molar refractivity (Wildman–Crippen MR) is 150 cm³/mol. The number of hydrogen-bond acceptors (Lipinski definition) is 0. The van der Waals surface area contributed by atoms with Crippen molar-refractivity contribution >= 4 is 5.57 Å². The molecule has 0 bridgehead atoms. The maximum atomic E-state index is 14.8. The summed E-state index contributed by atoms with van der Waals surface area (Å²) in [5.74, 6) is 2.86. The van der Waals surface area contributed by atoms with E-state index < -0.39 is 11.6 Å². The van der Waals surface area contributed by atoms with Crippen molar-refractivity contribution in [2.45, 2.75) is 110 Å². The highest BCUT2D eigenvalue weighted by Crippen LogP contribution is 2.43. The fraction of sp³-hybridized carbons (Fsp3) is 0.647. The summed E-state index contributed by atoms with van der Waals surface area (Å²) in [6.07, 6.45) is 28.3. The Morgan fingerprint density at radius 3 is 2.19 bits per heavy atom. The monoisotopic (exact) mass is 494 g/mol. The second-order valence-corrected chi connectivity index (χ2v) is 12.0. The number of rotatable bonds is 10. The molecule has 2 saturated carbocycles. The van der Waals surface area contributed by atoms with Crippen LogP contribution in [-0.2, 0) is 6.42 Å². The van der Waals surface area contributed by atoms with E-state index in [1.807, 2.05) is 0 Å². The van der Waals surface area contributed by atoms with Crippen LogP contribution in [0.15, 0.2) is 43.0 Å². The van der Waals surface area contributed by atoms with Crippen molar-refractivity contribution in [2.24, 2.45) is 29.6 Å². The smallest absolute Gasteiger partial charge is 0.166 e. The molecule has 2 heteroatoms. The summed E-state index contributed by atoms with van der Waals surface area (Å²) in [7, 11) is 0. The van der Waals surface area contributed by atoms with Gasteiger partial charge in [0.15, 0.2) is 11.6 Å². The van der Waals surface area contributed by atoms with E-state index in [1.54, 1.807) is 12.1 Å². The van der Waals surface area contributed by atoms with Gasteiger partial charge in [0.25, 0.3) is 0 Å². The van der Waals surface area contributed by atoms with Gasteiger partial charge in [0.2, 0.25) is 0 Å². The fourth-order valence-electron chi connectivity index (χ4n) is 7.10. The summed E-state index contributed by atoms with van der Waals surface area (Å²) >= 11 is 0. The highest BCUT2D eigenvalue weighted by molar-refractivity contribution is 5.67. The molecule has 3 aliphatic carbocycles. The summed E-state index contributed by atoms with van der Waals surface area (Å²) in [6, 6.07) is 3.60.